The summed E-state index contributed by atoms with van der Waals surface area (Å²) in [4.78, 5) is 29.2. The van der Waals surface area contributed by atoms with Crippen LogP contribution in [0.4, 0.5) is 5.82 Å². The van der Waals surface area contributed by atoms with Crippen LogP contribution in [0, 0.1) is 12.8 Å². The van der Waals surface area contributed by atoms with Crippen LogP contribution in [-0.4, -0.2) is 37.3 Å². The first-order valence-electron chi connectivity index (χ1n) is 10.5. The molecule has 1 aromatic carbocycles. The van der Waals surface area contributed by atoms with Crippen LogP contribution in [0.5, 0.6) is 0 Å². The molecule has 168 valence electrons. The number of aryl methyl sites for hydroxylation is 1. The van der Waals surface area contributed by atoms with Crippen LogP contribution in [0.1, 0.15) is 48.6 Å². The molecule has 2 heterocycles. The standard InChI is InChI=1S/C23H28N6O2S/c1-5-29-21(20(15(2)3)26-22(31)17-11-9-16(4)10-12-17)27-28-23(29)32-14-19(30)25-18-8-6-7-13-24-18/h6-13,15,20H,5,14H2,1-4H3,(H,26,31)(H,24,25,30)/t20-/m0/s1. The molecule has 3 aromatic rings. The third-order valence-corrected chi connectivity index (χ3v) is 5.84. The van der Waals surface area contributed by atoms with Crippen LogP contribution in [-0.2, 0) is 11.3 Å². The second kappa shape index (κ2) is 10.9. The Hall–Kier alpha value is -3.20. The molecule has 0 spiro atoms. The summed E-state index contributed by atoms with van der Waals surface area (Å²) >= 11 is 1.30. The van der Waals surface area contributed by atoms with E-state index in [2.05, 4.69) is 25.8 Å². The van der Waals surface area contributed by atoms with E-state index in [-0.39, 0.29) is 29.5 Å². The molecule has 0 bridgehead atoms. The van der Waals surface area contributed by atoms with Crippen molar-refractivity contribution >= 4 is 29.4 Å². The number of hydrogen-bond acceptors (Lipinski definition) is 6. The number of nitrogens with zero attached hydrogens (tertiary/aromatic N) is 4. The molecular weight excluding hydrogens is 424 g/mol. The molecule has 2 aromatic heterocycles. The summed E-state index contributed by atoms with van der Waals surface area (Å²) in [6.45, 7) is 8.65. The number of carbonyl (C=O) groups is 2. The first-order valence-corrected chi connectivity index (χ1v) is 11.5. The van der Waals surface area contributed by atoms with Crippen LogP contribution in [0.25, 0.3) is 0 Å². The maximum atomic E-state index is 12.8. The molecule has 0 aliphatic carbocycles. The van der Waals surface area contributed by atoms with Crippen molar-refractivity contribution in [1.82, 2.24) is 25.1 Å². The van der Waals surface area contributed by atoms with E-state index in [0.29, 0.717) is 28.9 Å². The predicted octanol–water partition coefficient (Wildman–Crippen LogP) is 3.86. The van der Waals surface area contributed by atoms with Crippen molar-refractivity contribution in [3.63, 3.8) is 0 Å². The van der Waals surface area contributed by atoms with Crippen LogP contribution in [0.15, 0.2) is 53.8 Å². The Labute approximate surface area is 192 Å². The summed E-state index contributed by atoms with van der Waals surface area (Å²) in [6, 6.07) is 12.5. The Morgan fingerprint density at radius 2 is 1.84 bits per heavy atom. The second-order valence-electron chi connectivity index (χ2n) is 7.70. The number of hydrogen-bond donors (Lipinski definition) is 2. The highest BCUT2D eigenvalue weighted by atomic mass is 32.2. The minimum absolute atomic E-state index is 0.101. The highest BCUT2D eigenvalue weighted by Gasteiger charge is 2.26. The monoisotopic (exact) mass is 452 g/mol. The van der Waals surface area contributed by atoms with Crippen LogP contribution in [0.2, 0.25) is 0 Å². The van der Waals surface area contributed by atoms with E-state index < -0.39 is 0 Å². The van der Waals surface area contributed by atoms with Gasteiger partial charge in [0.05, 0.1) is 11.8 Å². The normalized spacial score (nSPS) is 11.9. The summed E-state index contributed by atoms with van der Waals surface area (Å²) in [7, 11) is 0. The number of pyridine rings is 1. The number of rotatable bonds is 9. The number of amides is 2. The Morgan fingerprint density at radius 3 is 2.47 bits per heavy atom. The smallest absolute Gasteiger partial charge is 0.251 e. The largest absolute Gasteiger partial charge is 0.342 e. The molecule has 0 fully saturated rings. The molecule has 0 saturated heterocycles. The summed E-state index contributed by atoms with van der Waals surface area (Å²) in [5.41, 5.74) is 1.70. The summed E-state index contributed by atoms with van der Waals surface area (Å²) in [6.07, 6.45) is 1.62. The van der Waals surface area contributed by atoms with Gasteiger partial charge in [0.25, 0.3) is 5.91 Å². The quantitative estimate of drug-likeness (QED) is 0.478. The lowest BCUT2D eigenvalue weighted by molar-refractivity contribution is -0.113. The molecule has 0 radical (unpaired) electrons. The van der Waals surface area contributed by atoms with Gasteiger partial charge in [0.1, 0.15) is 5.82 Å². The number of anilines is 1. The summed E-state index contributed by atoms with van der Waals surface area (Å²) < 4.78 is 1.94. The van der Waals surface area contributed by atoms with E-state index >= 15 is 0 Å². The Bertz CT molecular complexity index is 1050. The van der Waals surface area contributed by atoms with E-state index in [1.807, 2.05) is 62.6 Å². The molecule has 0 saturated carbocycles. The van der Waals surface area contributed by atoms with Gasteiger partial charge < -0.3 is 15.2 Å². The predicted molar refractivity (Wildman–Crippen MR) is 126 cm³/mol. The summed E-state index contributed by atoms with van der Waals surface area (Å²) in [5, 5.41) is 15.1. The van der Waals surface area contributed by atoms with Crippen LogP contribution < -0.4 is 10.6 Å². The Balaban J connectivity index is 1.71. The van der Waals surface area contributed by atoms with Crippen molar-refractivity contribution in [3.8, 4) is 0 Å². The fraction of sp³-hybridized carbons (Fsp3) is 0.348. The van der Waals surface area contributed by atoms with E-state index in [0.717, 1.165) is 5.56 Å². The first-order chi connectivity index (χ1) is 15.4. The Morgan fingerprint density at radius 1 is 1.09 bits per heavy atom. The number of thioether (sulfide) groups is 1. The maximum absolute atomic E-state index is 12.8. The van der Waals surface area contributed by atoms with Crippen molar-refractivity contribution in [1.29, 1.82) is 0 Å². The molecule has 0 aliphatic rings. The van der Waals surface area contributed by atoms with Gasteiger partial charge in [-0.1, -0.05) is 49.4 Å². The molecule has 0 unspecified atom stereocenters. The molecule has 0 aliphatic heterocycles. The fourth-order valence-electron chi connectivity index (χ4n) is 3.14. The SMILES string of the molecule is CCn1c(SCC(=O)Nc2ccccn2)nnc1[C@@H](NC(=O)c1ccc(C)cc1)C(C)C. The molecule has 9 heteroatoms. The summed E-state index contributed by atoms with van der Waals surface area (Å²) in [5.74, 6) is 1.14. The van der Waals surface area contributed by atoms with Gasteiger partial charge in [0, 0.05) is 18.3 Å². The van der Waals surface area contributed by atoms with E-state index in [4.69, 9.17) is 0 Å². The van der Waals surface area contributed by atoms with Crippen molar-refractivity contribution in [2.45, 2.75) is 45.4 Å². The van der Waals surface area contributed by atoms with E-state index in [1.54, 1.807) is 18.3 Å². The average molecular weight is 453 g/mol. The highest BCUT2D eigenvalue weighted by Crippen LogP contribution is 2.25. The fourth-order valence-corrected chi connectivity index (χ4v) is 3.95. The molecule has 2 amide bonds. The lowest BCUT2D eigenvalue weighted by atomic mass is 10.0. The zero-order valence-corrected chi connectivity index (χ0v) is 19.5. The molecular formula is C23H28N6O2S. The zero-order valence-electron chi connectivity index (χ0n) is 18.7. The van der Waals surface area contributed by atoms with Crippen molar-refractivity contribution in [3.05, 3.63) is 65.6 Å². The van der Waals surface area contributed by atoms with Crippen molar-refractivity contribution < 1.29 is 9.59 Å². The maximum Gasteiger partial charge on any atom is 0.251 e. The van der Waals surface area contributed by atoms with Gasteiger partial charge in [-0.15, -0.1) is 10.2 Å². The van der Waals surface area contributed by atoms with Gasteiger partial charge in [0.2, 0.25) is 5.91 Å². The van der Waals surface area contributed by atoms with Crippen molar-refractivity contribution in [2.75, 3.05) is 11.1 Å². The number of benzene rings is 1. The molecule has 32 heavy (non-hydrogen) atoms. The molecule has 2 N–H and O–H groups in total. The van der Waals surface area contributed by atoms with Gasteiger partial charge in [-0.25, -0.2) is 4.98 Å². The van der Waals surface area contributed by atoms with Crippen molar-refractivity contribution in [2.24, 2.45) is 5.92 Å². The second-order valence-corrected chi connectivity index (χ2v) is 8.64. The van der Waals surface area contributed by atoms with Gasteiger partial charge in [0.15, 0.2) is 11.0 Å². The average Bonchev–Trinajstić information content (AvgIpc) is 3.19. The third kappa shape index (κ3) is 5.94. The van der Waals surface area contributed by atoms with E-state index in [9.17, 15) is 9.59 Å². The Kier molecular flexibility index (Phi) is 7.99. The van der Waals surface area contributed by atoms with Gasteiger partial charge in [-0.2, -0.15) is 0 Å². The number of carbonyl (C=O) groups excluding carboxylic acids is 2. The molecule has 1 atom stereocenters. The first kappa shape index (κ1) is 23.5. The number of nitrogens with one attached hydrogen (secondary N) is 2. The van der Waals surface area contributed by atoms with Gasteiger partial charge >= 0.3 is 0 Å². The minimum Gasteiger partial charge on any atom is -0.342 e. The lowest BCUT2D eigenvalue weighted by Crippen LogP contribution is -2.33. The van der Waals surface area contributed by atoms with E-state index in [1.165, 1.54) is 11.8 Å². The van der Waals surface area contributed by atoms with Crippen LogP contribution in [0.3, 0.4) is 0 Å². The molecule has 8 nitrogen and oxygen atoms in total. The van der Waals surface area contributed by atoms with Gasteiger partial charge in [-0.3, -0.25) is 9.59 Å². The topological polar surface area (TPSA) is 102 Å². The lowest BCUT2D eigenvalue weighted by Gasteiger charge is -2.22. The van der Waals surface area contributed by atoms with Crippen LogP contribution >= 0.6 is 11.8 Å². The minimum atomic E-state index is -0.312. The molecule has 3 rings (SSSR count). The zero-order chi connectivity index (χ0) is 23.1. The third-order valence-electron chi connectivity index (χ3n) is 4.87. The highest BCUT2D eigenvalue weighted by molar-refractivity contribution is 7.99. The number of aromatic nitrogens is 4. The van der Waals surface area contributed by atoms with Gasteiger partial charge in [-0.05, 0) is 44.0 Å².